The van der Waals surface area contributed by atoms with Crippen molar-refractivity contribution in [2.75, 3.05) is 12.0 Å². The van der Waals surface area contributed by atoms with Gasteiger partial charge in [-0.15, -0.1) is 0 Å². The maximum absolute atomic E-state index is 13.1. The fourth-order valence-electron chi connectivity index (χ4n) is 3.76. The number of nitrogens with zero attached hydrogens (tertiary/aromatic N) is 1. The van der Waals surface area contributed by atoms with Crippen LogP contribution in [0.25, 0.3) is 5.76 Å². The number of hydrogen-bond donors (Lipinski definition) is 1. The monoisotopic (exact) mass is 467 g/mol. The second kappa shape index (κ2) is 9.03. The molecule has 1 atom stereocenters. The van der Waals surface area contributed by atoms with E-state index in [2.05, 4.69) is 0 Å². The third-order valence-corrected chi connectivity index (χ3v) is 5.45. The second-order valence-corrected chi connectivity index (χ2v) is 8.11. The topological polar surface area (TPSA) is 89.2 Å². The van der Waals surface area contributed by atoms with Gasteiger partial charge < -0.3 is 19.0 Å². The highest BCUT2D eigenvalue weighted by molar-refractivity contribution is 6.51. The number of halogens is 1. The fraction of sp³-hybridized carbons (Fsp3) is 0.200. The SMILES string of the molecule is COc1ccc(N2C(=O)C(=O)/C(=C(\O)c3cccc(OC(C)C)c3)C2c2ccco2)cc1Cl. The normalized spacial score (nSPS) is 17.6. The molecule has 1 saturated heterocycles. The molecule has 8 heteroatoms. The minimum absolute atomic E-state index is 0.0732. The Morgan fingerprint density at radius 3 is 2.55 bits per heavy atom. The van der Waals surface area contributed by atoms with E-state index in [-0.39, 0.29) is 22.5 Å². The molecule has 1 fully saturated rings. The van der Waals surface area contributed by atoms with Crippen molar-refractivity contribution >= 4 is 34.7 Å². The van der Waals surface area contributed by atoms with Crippen LogP contribution in [-0.4, -0.2) is 30.0 Å². The van der Waals surface area contributed by atoms with Gasteiger partial charge in [-0.25, -0.2) is 0 Å². The zero-order chi connectivity index (χ0) is 23.7. The summed E-state index contributed by atoms with van der Waals surface area (Å²) in [5.41, 5.74) is 0.610. The lowest BCUT2D eigenvalue weighted by Crippen LogP contribution is -2.29. The van der Waals surface area contributed by atoms with Crippen LogP contribution in [0.1, 0.15) is 31.2 Å². The maximum atomic E-state index is 13.1. The van der Waals surface area contributed by atoms with Crippen molar-refractivity contribution in [1.29, 1.82) is 0 Å². The molecule has 2 aromatic carbocycles. The maximum Gasteiger partial charge on any atom is 0.300 e. The summed E-state index contributed by atoms with van der Waals surface area (Å²) < 4.78 is 16.4. The molecule has 1 unspecified atom stereocenters. The van der Waals surface area contributed by atoms with Gasteiger partial charge in [-0.3, -0.25) is 14.5 Å². The average molecular weight is 468 g/mol. The number of ether oxygens (including phenoxy) is 2. The molecule has 0 saturated carbocycles. The van der Waals surface area contributed by atoms with Crippen molar-refractivity contribution in [3.63, 3.8) is 0 Å². The molecular weight excluding hydrogens is 446 g/mol. The largest absolute Gasteiger partial charge is 0.507 e. The Bertz CT molecular complexity index is 1230. The summed E-state index contributed by atoms with van der Waals surface area (Å²) in [6.45, 7) is 3.77. The highest BCUT2D eigenvalue weighted by Gasteiger charge is 2.48. The fourth-order valence-corrected chi connectivity index (χ4v) is 4.02. The van der Waals surface area contributed by atoms with E-state index in [0.717, 1.165) is 0 Å². The predicted molar refractivity (Wildman–Crippen MR) is 124 cm³/mol. The minimum atomic E-state index is -0.987. The summed E-state index contributed by atoms with van der Waals surface area (Å²) in [7, 11) is 1.48. The van der Waals surface area contributed by atoms with Crippen LogP contribution in [0, 0.1) is 0 Å². The van der Waals surface area contributed by atoms with Crippen molar-refractivity contribution in [1.82, 2.24) is 0 Å². The van der Waals surface area contributed by atoms with E-state index < -0.39 is 17.7 Å². The number of hydrogen-bond acceptors (Lipinski definition) is 6. The van der Waals surface area contributed by atoms with Crippen LogP contribution in [0.3, 0.4) is 0 Å². The van der Waals surface area contributed by atoms with Crippen LogP contribution in [0.2, 0.25) is 5.02 Å². The molecular formula is C25H22ClNO6. The Hall–Kier alpha value is -3.71. The molecule has 2 heterocycles. The van der Waals surface area contributed by atoms with E-state index in [4.69, 9.17) is 25.5 Å². The highest BCUT2D eigenvalue weighted by atomic mass is 35.5. The Balaban J connectivity index is 1.87. The van der Waals surface area contributed by atoms with Gasteiger partial charge >= 0.3 is 0 Å². The molecule has 4 rings (SSSR count). The third kappa shape index (κ3) is 4.19. The summed E-state index contributed by atoms with van der Waals surface area (Å²) in [6.07, 6.45) is 1.36. The van der Waals surface area contributed by atoms with Gasteiger partial charge in [0.2, 0.25) is 0 Å². The number of ketones is 1. The van der Waals surface area contributed by atoms with Crippen LogP contribution >= 0.6 is 11.6 Å². The molecule has 7 nitrogen and oxygen atoms in total. The highest BCUT2D eigenvalue weighted by Crippen LogP contribution is 2.43. The van der Waals surface area contributed by atoms with Crippen molar-refractivity contribution in [2.45, 2.75) is 26.0 Å². The first kappa shape index (κ1) is 22.5. The van der Waals surface area contributed by atoms with Crippen LogP contribution < -0.4 is 14.4 Å². The Morgan fingerprint density at radius 2 is 1.91 bits per heavy atom. The smallest absolute Gasteiger partial charge is 0.300 e. The predicted octanol–water partition coefficient (Wildman–Crippen LogP) is 5.36. The van der Waals surface area contributed by atoms with Gasteiger partial charge in [0.15, 0.2) is 0 Å². The van der Waals surface area contributed by atoms with E-state index >= 15 is 0 Å². The molecule has 0 aliphatic carbocycles. The standard InChI is InChI=1S/C25H22ClNO6/c1-14(2)33-17-7-4-6-15(12-17)23(28)21-22(20-8-5-11-32-20)27(25(30)24(21)29)16-9-10-19(31-3)18(26)13-16/h4-14,22,28H,1-3H3/b23-21-. The van der Waals surface area contributed by atoms with E-state index in [0.29, 0.717) is 28.5 Å². The molecule has 0 radical (unpaired) electrons. The van der Waals surface area contributed by atoms with E-state index in [1.807, 2.05) is 13.8 Å². The number of aliphatic hydroxyl groups is 1. The molecule has 170 valence electrons. The Morgan fingerprint density at radius 1 is 1.12 bits per heavy atom. The lowest BCUT2D eigenvalue weighted by molar-refractivity contribution is -0.132. The van der Waals surface area contributed by atoms with Crippen molar-refractivity contribution in [2.24, 2.45) is 0 Å². The molecule has 33 heavy (non-hydrogen) atoms. The Labute approximate surface area is 195 Å². The lowest BCUT2D eigenvalue weighted by Gasteiger charge is -2.24. The number of Topliss-reactive ketones (excluding diaryl/α,β-unsaturated/α-hetero) is 1. The lowest BCUT2D eigenvalue weighted by atomic mass is 9.99. The Kier molecular flexibility index (Phi) is 6.16. The van der Waals surface area contributed by atoms with Gasteiger partial charge in [0.1, 0.15) is 29.1 Å². The number of anilines is 1. The summed E-state index contributed by atoms with van der Waals surface area (Å²) in [6, 6.07) is 13.7. The van der Waals surface area contributed by atoms with Crippen LogP contribution in [0.5, 0.6) is 11.5 Å². The quantitative estimate of drug-likeness (QED) is 0.298. The number of rotatable bonds is 6. The zero-order valence-corrected chi connectivity index (χ0v) is 19.0. The number of carbonyl (C=O) groups excluding carboxylic acids is 2. The van der Waals surface area contributed by atoms with Crippen molar-refractivity contribution < 1.29 is 28.6 Å². The van der Waals surface area contributed by atoms with E-state index in [1.54, 1.807) is 48.5 Å². The zero-order valence-electron chi connectivity index (χ0n) is 18.2. The number of amides is 1. The number of carbonyl (C=O) groups is 2. The van der Waals surface area contributed by atoms with Crippen LogP contribution in [-0.2, 0) is 9.59 Å². The summed E-state index contributed by atoms with van der Waals surface area (Å²) in [4.78, 5) is 27.5. The number of benzene rings is 2. The first-order valence-corrected chi connectivity index (χ1v) is 10.6. The van der Waals surface area contributed by atoms with Crippen molar-refractivity contribution in [3.8, 4) is 11.5 Å². The van der Waals surface area contributed by atoms with Crippen LogP contribution in [0.15, 0.2) is 70.9 Å². The third-order valence-electron chi connectivity index (χ3n) is 5.15. The van der Waals surface area contributed by atoms with Gasteiger partial charge in [-0.2, -0.15) is 0 Å². The minimum Gasteiger partial charge on any atom is -0.507 e. The van der Waals surface area contributed by atoms with Crippen LogP contribution in [0.4, 0.5) is 5.69 Å². The van der Waals surface area contributed by atoms with Gasteiger partial charge in [0.05, 0.1) is 30.1 Å². The van der Waals surface area contributed by atoms with Gasteiger partial charge in [-0.05, 0) is 56.3 Å². The molecule has 1 aromatic heterocycles. The summed E-state index contributed by atoms with van der Waals surface area (Å²) in [5.74, 6) is -0.707. The number of aliphatic hydroxyl groups excluding tert-OH is 1. The second-order valence-electron chi connectivity index (χ2n) is 7.70. The average Bonchev–Trinajstić information content (AvgIpc) is 3.40. The molecule has 3 aromatic rings. The first-order valence-electron chi connectivity index (χ1n) is 10.3. The van der Waals surface area contributed by atoms with Gasteiger partial charge in [0.25, 0.3) is 11.7 Å². The van der Waals surface area contributed by atoms with E-state index in [1.165, 1.54) is 24.3 Å². The van der Waals surface area contributed by atoms with Crippen molar-refractivity contribution in [3.05, 3.63) is 82.8 Å². The molecule has 0 bridgehead atoms. The molecule has 1 amide bonds. The molecule has 1 aliphatic rings. The molecule has 1 aliphatic heterocycles. The summed E-state index contributed by atoms with van der Waals surface area (Å²) in [5, 5.41) is 11.4. The molecule has 1 N–H and O–H groups in total. The number of methoxy groups -OCH3 is 1. The molecule has 0 spiro atoms. The number of furan rings is 1. The van der Waals surface area contributed by atoms with Gasteiger partial charge in [0, 0.05) is 11.3 Å². The first-order chi connectivity index (χ1) is 15.8. The summed E-state index contributed by atoms with van der Waals surface area (Å²) >= 11 is 6.27. The van der Waals surface area contributed by atoms with E-state index in [9.17, 15) is 14.7 Å². The van der Waals surface area contributed by atoms with Gasteiger partial charge in [-0.1, -0.05) is 23.7 Å².